The average molecular weight is 443 g/mol. The SMILES string of the molecule is CCC(C)NC(=O)C(C)N(Cc1cccc(OC)c1)C(=O)CSCc1ccc(C)cc1. The second-order valence-electron chi connectivity index (χ2n) is 7.85. The summed E-state index contributed by atoms with van der Waals surface area (Å²) in [6, 6.07) is 15.4. The van der Waals surface area contributed by atoms with Crippen molar-refractivity contribution in [1.29, 1.82) is 0 Å². The molecule has 2 atom stereocenters. The molecule has 0 bridgehead atoms. The lowest BCUT2D eigenvalue weighted by atomic mass is 10.1. The van der Waals surface area contributed by atoms with Gasteiger partial charge in [0.2, 0.25) is 11.8 Å². The van der Waals surface area contributed by atoms with Crippen LogP contribution in [-0.4, -0.2) is 41.7 Å². The number of hydrogen-bond donors (Lipinski definition) is 1. The van der Waals surface area contributed by atoms with E-state index >= 15 is 0 Å². The second kappa shape index (κ2) is 12.4. The molecule has 0 saturated carbocycles. The lowest BCUT2D eigenvalue weighted by molar-refractivity contribution is -0.138. The van der Waals surface area contributed by atoms with Crippen LogP contribution in [0, 0.1) is 6.92 Å². The Balaban J connectivity index is 2.09. The number of carbonyl (C=O) groups is 2. The summed E-state index contributed by atoms with van der Waals surface area (Å²) in [6.45, 7) is 8.20. The van der Waals surface area contributed by atoms with E-state index in [-0.39, 0.29) is 17.9 Å². The summed E-state index contributed by atoms with van der Waals surface area (Å²) in [5.41, 5.74) is 3.33. The van der Waals surface area contributed by atoms with Crippen LogP contribution in [-0.2, 0) is 21.9 Å². The van der Waals surface area contributed by atoms with Gasteiger partial charge in [-0.15, -0.1) is 11.8 Å². The maximum absolute atomic E-state index is 13.1. The first-order valence-corrected chi connectivity index (χ1v) is 11.9. The zero-order valence-corrected chi connectivity index (χ0v) is 20.0. The summed E-state index contributed by atoms with van der Waals surface area (Å²) in [4.78, 5) is 27.6. The smallest absolute Gasteiger partial charge is 0.242 e. The lowest BCUT2D eigenvalue weighted by Crippen LogP contribution is -2.50. The molecular formula is C25H34N2O3S. The van der Waals surface area contributed by atoms with E-state index in [9.17, 15) is 9.59 Å². The second-order valence-corrected chi connectivity index (χ2v) is 8.83. The summed E-state index contributed by atoms with van der Waals surface area (Å²) < 4.78 is 5.31. The predicted octanol–water partition coefficient (Wildman–Crippen LogP) is 4.57. The number of hydrogen-bond acceptors (Lipinski definition) is 4. The van der Waals surface area contributed by atoms with Gasteiger partial charge in [0.25, 0.3) is 0 Å². The zero-order chi connectivity index (χ0) is 22.8. The highest BCUT2D eigenvalue weighted by atomic mass is 32.2. The third-order valence-electron chi connectivity index (χ3n) is 5.27. The number of nitrogens with one attached hydrogen (secondary N) is 1. The minimum absolute atomic E-state index is 0.0493. The largest absolute Gasteiger partial charge is 0.497 e. The van der Waals surface area contributed by atoms with Crippen LogP contribution in [0.3, 0.4) is 0 Å². The molecule has 0 aliphatic carbocycles. The van der Waals surface area contributed by atoms with Crippen LogP contribution in [0.5, 0.6) is 5.75 Å². The van der Waals surface area contributed by atoms with E-state index in [1.165, 1.54) is 11.1 Å². The van der Waals surface area contributed by atoms with E-state index in [1.54, 1.807) is 30.7 Å². The van der Waals surface area contributed by atoms with Crippen LogP contribution >= 0.6 is 11.8 Å². The summed E-state index contributed by atoms with van der Waals surface area (Å²) in [5, 5.41) is 3.00. The van der Waals surface area contributed by atoms with Crippen LogP contribution in [0.15, 0.2) is 48.5 Å². The van der Waals surface area contributed by atoms with E-state index < -0.39 is 6.04 Å². The van der Waals surface area contributed by atoms with Crippen LogP contribution < -0.4 is 10.1 Å². The van der Waals surface area contributed by atoms with Crippen molar-refractivity contribution < 1.29 is 14.3 Å². The van der Waals surface area contributed by atoms with Crippen molar-refractivity contribution in [1.82, 2.24) is 10.2 Å². The number of benzene rings is 2. The van der Waals surface area contributed by atoms with Gasteiger partial charge >= 0.3 is 0 Å². The maximum Gasteiger partial charge on any atom is 0.242 e. The molecule has 2 aromatic carbocycles. The van der Waals surface area contributed by atoms with E-state index in [2.05, 4.69) is 36.5 Å². The quantitative estimate of drug-likeness (QED) is 0.554. The Morgan fingerprint density at radius 2 is 1.81 bits per heavy atom. The molecular weight excluding hydrogens is 408 g/mol. The molecule has 0 aliphatic heterocycles. The first-order chi connectivity index (χ1) is 14.8. The number of rotatable bonds is 11. The molecule has 168 valence electrons. The van der Waals surface area contributed by atoms with Gasteiger partial charge in [0.1, 0.15) is 11.8 Å². The molecule has 0 fully saturated rings. The molecule has 1 N–H and O–H groups in total. The molecule has 6 heteroatoms. The van der Waals surface area contributed by atoms with Crippen LogP contribution in [0.2, 0.25) is 0 Å². The number of carbonyl (C=O) groups excluding carboxylic acids is 2. The number of thioether (sulfide) groups is 1. The molecule has 2 rings (SSSR count). The summed E-state index contributed by atoms with van der Waals surface area (Å²) in [6.07, 6.45) is 0.842. The standard InChI is InChI=1S/C25H34N2O3S/c1-6-19(3)26-25(29)20(4)27(15-22-8-7-9-23(14-22)30-5)24(28)17-31-16-21-12-10-18(2)11-13-21/h7-14,19-20H,6,15-17H2,1-5H3,(H,26,29). The van der Waals surface area contributed by atoms with Crippen molar-refractivity contribution in [3.8, 4) is 5.75 Å². The third-order valence-corrected chi connectivity index (χ3v) is 6.26. The van der Waals surface area contributed by atoms with Gasteiger partial charge in [-0.2, -0.15) is 0 Å². The molecule has 0 aromatic heterocycles. The van der Waals surface area contributed by atoms with Crippen molar-refractivity contribution in [2.24, 2.45) is 0 Å². The van der Waals surface area contributed by atoms with Crippen LogP contribution in [0.4, 0.5) is 0 Å². The molecule has 0 spiro atoms. The van der Waals surface area contributed by atoms with Gasteiger partial charge in [0.15, 0.2) is 0 Å². The van der Waals surface area contributed by atoms with Crippen LogP contribution in [0.1, 0.15) is 43.9 Å². The maximum atomic E-state index is 13.1. The van der Waals surface area contributed by atoms with Gasteiger partial charge in [-0.3, -0.25) is 9.59 Å². The summed E-state index contributed by atoms with van der Waals surface area (Å²) in [5.74, 6) is 1.63. The fraction of sp³-hybridized carbons (Fsp3) is 0.440. The average Bonchev–Trinajstić information content (AvgIpc) is 2.78. The topological polar surface area (TPSA) is 58.6 Å². The molecule has 0 radical (unpaired) electrons. The van der Waals surface area contributed by atoms with Crippen molar-refractivity contribution in [3.63, 3.8) is 0 Å². The minimum atomic E-state index is -0.562. The first-order valence-electron chi connectivity index (χ1n) is 10.7. The highest BCUT2D eigenvalue weighted by Crippen LogP contribution is 2.19. The van der Waals surface area contributed by atoms with E-state index in [0.29, 0.717) is 12.3 Å². The summed E-state index contributed by atoms with van der Waals surface area (Å²) in [7, 11) is 1.62. The van der Waals surface area contributed by atoms with Crippen molar-refractivity contribution in [2.45, 2.75) is 58.5 Å². The number of methoxy groups -OCH3 is 1. The number of nitrogens with zero attached hydrogens (tertiary/aromatic N) is 1. The highest BCUT2D eigenvalue weighted by Gasteiger charge is 2.26. The van der Waals surface area contributed by atoms with E-state index in [0.717, 1.165) is 23.5 Å². The Labute approximate surface area is 190 Å². The lowest BCUT2D eigenvalue weighted by Gasteiger charge is -2.29. The fourth-order valence-electron chi connectivity index (χ4n) is 3.04. The van der Waals surface area contributed by atoms with E-state index in [1.807, 2.05) is 38.1 Å². The monoisotopic (exact) mass is 442 g/mol. The van der Waals surface area contributed by atoms with Crippen molar-refractivity contribution in [3.05, 3.63) is 65.2 Å². The molecule has 2 amide bonds. The Morgan fingerprint density at radius 3 is 2.45 bits per heavy atom. The van der Waals surface area contributed by atoms with Crippen LogP contribution in [0.25, 0.3) is 0 Å². The van der Waals surface area contributed by atoms with Crippen molar-refractivity contribution in [2.75, 3.05) is 12.9 Å². The normalized spacial score (nSPS) is 12.7. The number of ether oxygens (including phenoxy) is 1. The molecule has 2 aromatic rings. The Bertz CT molecular complexity index is 854. The third kappa shape index (κ3) is 7.94. The minimum Gasteiger partial charge on any atom is -0.497 e. The first kappa shape index (κ1) is 24.8. The number of aryl methyl sites for hydroxylation is 1. The Hall–Kier alpha value is -2.47. The molecule has 2 unspecified atom stereocenters. The van der Waals surface area contributed by atoms with Gasteiger partial charge in [-0.1, -0.05) is 48.9 Å². The molecule has 0 aliphatic rings. The Morgan fingerprint density at radius 1 is 1.10 bits per heavy atom. The molecule has 31 heavy (non-hydrogen) atoms. The van der Waals surface area contributed by atoms with Gasteiger partial charge in [-0.05, 0) is 50.5 Å². The molecule has 5 nitrogen and oxygen atoms in total. The Kier molecular flexibility index (Phi) is 9.92. The van der Waals surface area contributed by atoms with Gasteiger partial charge in [0.05, 0.1) is 12.9 Å². The predicted molar refractivity (Wildman–Crippen MR) is 128 cm³/mol. The van der Waals surface area contributed by atoms with E-state index in [4.69, 9.17) is 4.74 Å². The highest BCUT2D eigenvalue weighted by molar-refractivity contribution is 7.99. The number of amides is 2. The van der Waals surface area contributed by atoms with Gasteiger partial charge in [0, 0.05) is 18.3 Å². The zero-order valence-electron chi connectivity index (χ0n) is 19.2. The molecule has 0 saturated heterocycles. The molecule has 0 heterocycles. The summed E-state index contributed by atoms with van der Waals surface area (Å²) >= 11 is 1.57. The van der Waals surface area contributed by atoms with Crippen molar-refractivity contribution >= 4 is 23.6 Å². The van der Waals surface area contributed by atoms with Gasteiger partial charge in [-0.25, -0.2) is 0 Å². The fourth-order valence-corrected chi connectivity index (χ4v) is 3.91. The van der Waals surface area contributed by atoms with Gasteiger partial charge < -0.3 is 15.0 Å².